The van der Waals surface area contributed by atoms with Crippen LogP contribution >= 0.6 is 11.6 Å². The molecule has 0 aliphatic carbocycles. The fourth-order valence-electron chi connectivity index (χ4n) is 1.59. The van der Waals surface area contributed by atoms with Crippen molar-refractivity contribution in [2.75, 3.05) is 0 Å². The first kappa shape index (κ1) is 10.9. The summed E-state index contributed by atoms with van der Waals surface area (Å²) in [5.41, 5.74) is 2.75. The van der Waals surface area contributed by atoms with Gasteiger partial charge in [0.25, 0.3) is 0 Å². The lowest BCUT2D eigenvalue weighted by Crippen LogP contribution is -1.85. The lowest BCUT2D eigenvalue weighted by atomic mass is 10.1. The largest absolute Gasteiger partial charge is 0.339 e. The predicted molar refractivity (Wildman–Crippen MR) is 63.8 cm³/mol. The van der Waals surface area contributed by atoms with E-state index in [1.54, 1.807) is 0 Å². The Morgan fingerprint density at radius 1 is 1.38 bits per heavy atom. The molecule has 82 valence electrons. The smallest absolute Gasteiger partial charge is 0.185 e. The molecule has 0 saturated heterocycles. The second kappa shape index (κ2) is 4.49. The molecule has 0 aliphatic heterocycles. The topological polar surface area (TPSA) is 45.8 Å². The van der Waals surface area contributed by atoms with Crippen molar-refractivity contribution in [2.24, 2.45) is 0 Å². The number of hydrogen-bond donors (Lipinski definition) is 1. The highest BCUT2D eigenvalue weighted by Crippen LogP contribution is 2.23. The van der Waals surface area contributed by atoms with Gasteiger partial charge in [-0.05, 0) is 18.6 Å². The summed E-state index contributed by atoms with van der Waals surface area (Å²) in [5.74, 6) is 0.363. The van der Waals surface area contributed by atoms with Crippen LogP contribution in [0.3, 0.4) is 0 Å². The molecule has 2 aromatic rings. The number of aromatic nitrogens is 2. The minimum absolute atomic E-state index is 0.363. The predicted octanol–water partition coefficient (Wildman–Crippen LogP) is 3.11. The molecule has 16 heavy (non-hydrogen) atoms. The summed E-state index contributed by atoms with van der Waals surface area (Å²) in [5, 5.41) is 0.688. The number of nitrogens with one attached hydrogen (secondary N) is 1. The van der Waals surface area contributed by atoms with Crippen LogP contribution in [0, 0.1) is 0 Å². The molecule has 0 radical (unpaired) electrons. The van der Waals surface area contributed by atoms with E-state index in [-0.39, 0.29) is 0 Å². The molecule has 0 aliphatic rings. The van der Waals surface area contributed by atoms with Gasteiger partial charge in [0, 0.05) is 16.3 Å². The number of imidazole rings is 1. The van der Waals surface area contributed by atoms with E-state index in [1.807, 2.05) is 31.2 Å². The summed E-state index contributed by atoms with van der Waals surface area (Å²) in [6.45, 7) is 2.02. The number of aryl methyl sites for hydroxylation is 1. The van der Waals surface area contributed by atoms with Gasteiger partial charge in [-0.25, -0.2) is 4.98 Å². The lowest BCUT2D eigenvalue weighted by Gasteiger charge is -1.99. The molecule has 1 N–H and O–H groups in total. The molecule has 0 atom stereocenters. The van der Waals surface area contributed by atoms with Crippen molar-refractivity contribution in [1.82, 2.24) is 9.97 Å². The van der Waals surface area contributed by atoms with Gasteiger partial charge in [-0.15, -0.1) is 0 Å². The maximum atomic E-state index is 10.7. The van der Waals surface area contributed by atoms with Crippen molar-refractivity contribution in [1.29, 1.82) is 0 Å². The quantitative estimate of drug-likeness (QED) is 0.830. The molecule has 2 rings (SSSR count). The van der Waals surface area contributed by atoms with Crippen LogP contribution in [0.1, 0.15) is 23.2 Å². The van der Waals surface area contributed by atoms with Crippen LogP contribution < -0.4 is 0 Å². The van der Waals surface area contributed by atoms with Crippen molar-refractivity contribution in [3.63, 3.8) is 0 Å². The average molecular weight is 235 g/mol. The van der Waals surface area contributed by atoms with E-state index in [0.717, 1.165) is 29.7 Å². The molecule has 1 aromatic carbocycles. The lowest BCUT2D eigenvalue weighted by molar-refractivity contribution is 0.111. The zero-order chi connectivity index (χ0) is 11.5. The highest BCUT2D eigenvalue weighted by atomic mass is 35.5. The van der Waals surface area contributed by atoms with Crippen molar-refractivity contribution >= 4 is 17.9 Å². The van der Waals surface area contributed by atoms with Crippen LogP contribution in [-0.4, -0.2) is 16.3 Å². The van der Waals surface area contributed by atoms with Crippen LogP contribution in [0.15, 0.2) is 24.3 Å². The van der Waals surface area contributed by atoms with E-state index >= 15 is 0 Å². The van der Waals surface area contributed by atoms with E-state index in [1.165, 1.54) is 0 Å². The summed E-state index contributed by atoms with van der Waals surface area (Å²) < 4.78 is 0. The number of nitrogens with zero attached hydrogens (tertiary/aromatic N) is 1. The molecule has 0 amide bonds. The number of halogens is 1. The minimum Gasteiger partial charge on any atom is -0.339 e. The number of rotatable bonds is 3. The average Bonchev–Trinajstić information content (AvgIpc) is 2.73. The van der Waals surface area contributed by atoms with Crippen molar-refractivity contribution in [3.05, 3.63) is 40.8 Å². The highest BCUT2D eigenvalue weighted by molar-refractivity contribution is 6.30. The second-order valence-electron chi connectivity index (χ2n) is 3.43. The third-order valence-corrected chi connectivity index (χ3v) is 2.63. The Balaban J connectivity index is 2.49. The first-order valence-corrected chi connectivity index (χ1v) is 5.42. The van der Waals surface area contributed by atoms with E-state index in [2.05, 4.69) is 9.97 Å². The number of aldehydes is 1. The van der Waals surface area contributed by atoms with Crippen LogP contribution in [-0.2, 0) is 6.42 Å². The molecule has 3 nitrogen and oxygen atoms in total. The SMILES string of the molecule is CCc1[nH]c(C=O)nc1-c1ccc(Cl)cc1. The maximum Gasteiger partial charge on any atom is 0.185 e. The standard InChI is InChI=1S/C12H11ClN2O/c1-2-10-12(15-11(7-16)14-10)8-3-5-9(13)6-4-8/h3-7H,2H2,1H3,(H,14,15). The van der Waals surface area contributed by atoms with Crippen LogP contribution in [0.25, 0.3) is 11.3 Å². The van der Waals surface area contributed by atoms with Gasteiger partial charge in [-0.2, -0.15) is 0 Å². The summed E-state index contributed by atoms with van der Waals surface area (Å²) in [6.07, 6.45) is 1.53. The van der Waals surface area contributed by atoms with Gasteiger partial charge >= 0.3 is 0 Å². The monoisotopic (exact) mass is 234 g/mol. The van der Waals surface area contributed by atoms with Gasteiger partial charge in [-0.1, -0.05) is 30.7 Å². The second-order valence-corrected chi connectivity index (χ2v) is 3.86. The summed E-state index contributed by atoms with van der Waals surface area (Å²) >= 11 is 5.82. The van der Waals surface area contributed by atoms with Gasteiger partial charge in [0.05, 0.1) is 5.69 Å². The van der Waals surface area contributed by atoms with E-state index in [4.69, 9.17) is 11.6 Å². The number of aromatic amines is 1. The fourth-order valence-corrected chi connectivity index (χ4v) is 1.71. The summed E-state index contributed by atoms with van der Waals surface area (Å²) in [4.78, 5) is 17.9. The van der Waals surface area contributed by atoms with Crippen molar-refractivity contribution < 1.29 is 4.79 Å². The molecule has 1 aromatic heterocycles. The Hall–Kier alpha value is -1.61. The Morgan fingerprint density at radius 2 is 2.06 bits per heavy atom. The number of H-pyrrole nitrogens is 1. The van der Waals surface area contributed by atoms with E-state index in [0.29, 0.717) is 10.8 Å². The number of carbonyl (C=O) groups is 1. The Labute approximate surface area is 98.5 Å². The zero-order valence-corrected chi connectivity index (χ0v) is 9.58. The third kappa shape index (κ3) is 1.99. The van der Waals surface area contributed by atoms with E-state index < -0.39 is 0 Å². The molecular formula is C12H11ClN2O. The Kier molecular flexibility index (Phi) is 3.06. The molecule has 0 spiro atoms. The molecule has 1 heterocycles. The van der Waals surface area contributed by atoms with Crippen LogP contribution in [0.2, 0.25) is 5.02 Å². The normalized spacial score (nSPS) is 10.4. The highest BCUT2D eigenvalue weighted by Gasteiger charge is 2.09. The first-order chi connectivity index (χ1) is 7.74. The van der Waals surface area contributed by atoms with Crippen LogP contribution in [0.5, 0.6) is 0 Å². The number of benzene rings is 1. The fraction of sp³-hybridized carbons (Fsp3) is 0.167. The molecule has 0 unspecified atom stereocenters. The van der Waals surface area contributed by atoms with Gasteiger partial charge in [0.2, 0.25) is 0 Å². The van der Waals surface area contributed by atoms with Gasteiger partial charge < -0.3 is 4.98 Å². The number of hydrogen-bond acceptors (Lipinski definition) is 2. The third-order valence-electron chi connectivity index (χ3n) is 2.38. The first-order valence-electron chi connectivity index (χ1n) is 5.04. The molecule has 0 bridgehead atoms. The maximum absolute atomic E-state index is 10.7. The molecular weight excluding hydrogens is 224 g/mol. The molecule has 0 fully saturated rings. The summed E-state index contributed by atoms with van der Waals surface area (Å²) in [7, 11) is 0. The Bertz CT molecular complexity index is 502. The molecule has 4 heteroatoms. The van der Waals surface area contributed by atoms with Gasteiger partial charge in [0.15, 0.2) is 12.1 Å². The molecule has 0 saturated carbocycles. The number of carbonyl (C=O) groups excluding carboxylic acids is 1. The minimum atomic E-state index is 0.363. The Morgan fingerprint density at radius 3 is 2.62 bits per heavy atom. The van der Waals surface area contributed by atoms with Crippen molar-refractivity contribution in [3.8, 4) is 11.3 Å². The summed E-state index contributed by atoms with van der Waals surface area (Å²) in [6, 6.07) is 7.41. The van der Waals surface area contributed by atoms with Gasteiger partial charge in [0.1, 0.15) is 0 Å². The zero-order valence-electron chi connectivity index (χ0n) is 8.83. The van der Waals surface area contributed by atoms with Crippen molar-refractivity contribution in [2.45, 2.75) is 13.3 Å². The van der Waals surface area contributed by atoms with E-state index in [9.17, 15) is 4.79 Å². The van der Waals surface area contributed by atoms with Crippen LogP contribution in [0.4, 0.5) is 0 Å². The van der Waals surface area contributed by atoms with Gasteiger partial charge in [-0.3, -0.25) is 4.79 Å².